The van der Waals surface area contributed by atoms with Crippen LogP contribution >= 0.6 is 0 Å². The molecule has 0 bridgehead atoms. The standard InChI is InChI=1S/C39H43N9O5/c49-35-9-8-33(37(51)44-35)48-23-31-30(38(48)52)2-1-3-34(31)53-24-27-6-4-26(5-7-27)22-45-17-13-29(14-18-45)46-19-11-28(12-20-46)42-36(50)32-10-15-41-39(43-32)47-21-16-40-25-47/h1-7,10,15-16,21,25,28-29,33H,8-9,11-14,17-20,22-24H2,(H,42,50)(H,44,49,51)/t33-/m0/s1. The van der Waals surface area contributed by atoms with Gasteiger partial charge < -0.3 is 19.9 Å². The highest BCUT2D eigenvalue weighted by atomic mass is 16.5. The number of imidazole rings is 1. The fourth-order valence-corrected chi connectivity index (χ4v) is 7.94. The molecule has 0 radical (unpaired) electrons. The number of aromatic nitrogens is 4. The van der Waals surface area contributed by atoms with Crippen LogP contribution in [0.5, 0.6) is 5.75 Å². The second-order valence-electron chi connectivity index (χ2n) is 14.3. The third kappa shape index (κ3) is 7.69. The number of imide groups is 1. The summed E-state index contributed by atoms with van der Waals surface area (Å²) in [5.41, 5.74) is 3.97. The number of hydrogen-bond acceptors (Lipinski definition) is 10. The highest BCUT2D eigenvalue weighted by Crippen LogP contribution is 2.34. The van der Waals surface area contributed by atoms with Gasteiger partial charge in [-0.3, -0.25) is 34.0 Å². The van der Waals surface area contributed by atoms with Crippen molar-refractivity contribution in [2.24, 2.45) is 0 Å². The molecule has 2 aromatic carbocycles. The van der Waals surface area contributed by atoms with E-state index in [4.69, 9.17) is 4.74 Å². The van der Waals surface area contributed by atoms with Crippen LogP contribution in [0, 0.1) is 0 Å². The van der Waals surface area contributed by atoms with E-state index in [9.17, 15) is 19.2 Å². The minimum Gasteiger partial charge on any atom is -0.489 e. The molecular formula is C39H43N9O5. The number of piperidine rings is 3. The van der Waals surface area contributed by atoms with Crippen molar-refractivity contribution in [3.05, 3.63) is 101 Å². The summed E-state index contributed by atoms with van der Waals surface area (Å²) >= 11 is 0. The van der Waals surface area contributed by atoms with Gasteiger partial charge in [0.05, 0.1) is 6.54 Å². The van der Waals surface area contributed by atoms with Gasteiger partial charge in [0.25, 0.3) is 11.8 Å². The number of carbonyl (C=O) groups excluding carboxylic acids is 4. The molecule has 0 unspecified atom stereocenters. The van der Waals surface area contributed by atoms with Crippen molar-refractivity contribution in [1.29, 1.82) is 0 Å². The van der Waals surface area contributed by atoms with Crippen molar-refractivity contribution in [1.82, 2.24) is 44.9 Å². The third-order valence-corrected chi connectivity index (χ3v) is 10.9. The normalized spacial score (nSPS) is 20.3. The summed E-state index contributed by atoms with van der Waals surface area (Å²) in [4.78, 5) is 69.5. The summed E-state index contributed by atoms with van der Waals surface area (Å²) in [5, 5.41) is 5.53. The van der Waals surface area contributed by atoms with Crippen LogP contribution in [-0.2, 0) is 29.3 Å². The lowest BCUT2D eigenvalue weighted by Gasteiger charge is -2.42. The number of likely N-dealkylation sites (tertiary alicyclic amines) is 2. The average Bonchev–Trinajstić information content (AvgIpc) is 3.84. The van der Waals surface area contributed by atoms with E-state index in [1.165, 1.54) is 5.56 Å². The molecule has 14 nitrogen and oxygen atoms in total. The Hall–Kier alpha value is -5.47. The van der Waals surface area contributed by atoms with Crippen molar-refractivity contribution in [2.75, 3.05) is 26.2 Å². The van der Waals surface area contributed by atoms with E-state index in [0.29, 0.717) is 42.0 Å². The molecule has 8 rings (SSSR count). The molecule has 0 spiro atoms. The van der Waals surface area contributed by atoms with Crippen LogP contribution in [0.25, 0.3) is 5.95 Å². The minimum absolute atomic E-state index is 0.131. The lowest BCUT2D eigenvalue weighted by molar-refractivity contribution is -0.136. The Kier molecular flexibility index (Phi) is 9.96. The SMILES string of the molecule is O=C1CC[C@H](N2Cc3c(OCc4ccc(CN5CCC(N6CCC(NC(=O)c7ccnc(-n8ccnc8)n7)CC6)CC5)cc4)cccc3C2=O)C(=O)N1. The molecule has 3 saturated heterocycles. The first kappa shape index (κ1) is 34.6. The molecule has 2 aromatic heterocycles. The predicted octanol–water partition coefficient (Wildman–Crippen LogP) is 2.86. The van der Waals surface area contributed by atoms with Crippen molar-refractivity contribution < 1.29 is 23.9 Å². The molecule has 4 aliphatic heterocycles. The number of nitrogens with one attached hydrogen (secondary N) is 2. The van der Waals surface area contributed by atoms with Gasteiger partial charge >= 0.3 is 0 Å². The zero-order valence-electron chi connectivity index (χ0n) is 29.5. The highest BCUT2D eigenvalue weighted by molar-refractivity contribution is 6.05. The van der Waals surface area contributed by atoms with E-state index in [0.717, 1.165) is 69.5 Å². The zero-order valence-corrected chi connectivity index (χ0v) is 29.5. The van der Waals surface area contributed by atoms with Gasteiger partial charge in [-0.2, -0.15) is 0 Å². The Balaban J connectivity index is 0.767. The quantitative estimate of drug-likeness (QED) is 0.234. The molecule has 0 saturated carbocycles. The lowest BCUT2D eigenvalue weighted by atomic mass is 9.97. The summed E-state index contributed by atoms with van der Waals surface area (Å²) in [6.07, 6.45) is 11.3. The van der Waals surface area contributed by atoms with Crippen LogP contribution in [-0.4, -0.2) is 102 Å². The van der Waals surface area contributed by atoms with Gasteiger partial charge in [0.15, 0.2) is 0 Å². The maximum atomic E-state index is 13.2. The lowest BCUT2D eigenvalue weighted by Crippen LogP contribution is -2.52. The molecule has 4 aliphatic rings. The Morgan fingerprint density at radius 1 is 0.906 bits per heavy atom. The van der Waals surface area contributed by atoms with Crippen LogP contribution in [0.2, 0.25) is 0 Å². The molecule has 0 aliphatic carbocycles. The number of fused-ring (bicyclic) bond motifs is 1. The second-order valence-corrected chi connectivity index (χ2v) is 14.3. The second kappa shape index (κ2) is 15.2. The summed E-state index contributed by atoms with van der Waals surface area (Å²) in [5.74, 6) is -0.0390. The Morgan fingerprint density at radius 3 is 2.45 bits per heavy atom. The van der Waals surface area contributed by atoms with E-state index < -0.39 is 11.9 Å². The maximum Gasteiger partial charge on any atom is 0.270 e. The molecule has 4 amide bonds. The van der Waals surface area contributed by atoms with E-state index in [1.807, 2.05) is 6.07 Å². The van der Waals surface area contributed by atoms with Gasteiger partial charge in [0.1, 0.15) is 30.4 Å². The van der Waals surface area contributed by atoms with Gasteiger partial charge in [0, 0.05) is 67.9 Å². The fraction of sp³-hybridized carbons (Fsp3) is 0.410. The van der Waals surface area contributed by atoms with Crippen LogP contribution < -0.4 is 15.4 Å². The van der Waals surface area contributed by atoms with Crippen molar-refractivity contribution in [3.8, 4) is 11.7 Å². The smallest absolute Gasteiger partial charge is 0.270 e. The number of rotatable bonds is 10. The van der Waals surface area contributed by atoms with E-state index >= 15 is 0 Å². The molecule has 1 atom stereocenters. The predicted molar refractivity (Wildman–Crippen MR) is 193 cm³/mol. The van der Waals surface area contributed by atoms with Crippen LogP contribution in [0.1, 0.15) is 76.1 Å². The Morgan fingerprint density at radius 2 is 1.70 bits per heavy atom. The van der Waals surface area contributed by atoms with Crippen LogP contribution in [0.15, 0.2) is 73.4 Å². The maximum absolute atomic E-state index is 13.2. The van der Waals surface area contributed by atoms with Gasteiger partial charge in [-0.15, -0.1) is 0 Å². The number of benzene rings is 2. The number of amides is 4. The molecule has 3 fully saturated rings. The Bertz CT molecular complexity index is 1970. The largest absolute Gasteiger partial charge is 0.489 e. The third-order valence-electron chi connectivity index (χ3n) is 10.9. The Labute approximate surface area is 307 Å². The van der Waals surface area contributed by atoms with E-state index in [-0.39, 0.29) is 36.7 Å². The molecule has 2 N–H and O–H groups in total. The zero-order chi connectivity index (χ0) is 36.3. The van der Waals surface area contributed by atoms with Gasteiger partial charge in [-0.1, -0.05) is 30.3 Å². The molecule has 14 heteroatoms. The average molecular weight is 718 g/mol. The van der Waals surface area contributed by atoms with Crippen LogP contribution in [0.4, 0.5) is 0 Å². The number of ether oxygens (including phenoxy) is 1. The van der Waals surface area contributed by atoms with Crippen molar-refractivity contribution in [2.45, 2.75) is 76.3 Å². The molecule has 4 aromatic rings. The van der Waals surface area contributed by atoms with Crippen LogP contribution in [0.3, 0.4) is 0 Å². The summed E-state index contributed by atoms with van der Waals surface area (Å²) in [6, 6.07) is 15.6. The van der Waals surface area contributed by atoms with Gasteiger partial charge in [-0.05, 0) is 74.5 Å². The molecule has 6 heterocycles. The summed E-state index contributed by atoms with van der Waals surface area (Å²) in [6.45, 7) is 5.59. The molecular weight excluding hydrogens is 674 g/mol. The molecule has 53 heavy (non-hydrogen) atoms. The van der Waals surface area contributed by atoms with Crippen molar-refractivity contribution in [3.63, 3.8) is 0 Å². The number of carbonyl (C=O) groups is 4. The van der Waals surface area contributed by atoms with E-state index in [2.05, 4.69) is 59.7 Å². The van der Waals surface area contributed by atoms with Gasteiger partial charge in [0.2, 0.25) is 17.8 Å². The number of hydrogen-bond donors (Lipinski definition) is 2. The first-order valence-corrected chi connectivity index (χ1v) is 18.4. The first-order valence-electron chi connectivity index (χ1n) is 18.4. The fourth-order valence-electron chi connectivity index (χ4n) is 7.94. The topological polar surface area (TPSA) is 155 Å². The van der Waals surface area contributed by atoms with Gasteiger partial charge in [-0.25, -0.2) is 15.0 Å². The van der Waals surface area contributed by atoms with Crippen molar-refractivity contribution >= 4 is 23.6 Å². The number of nitrogens with zero attached hydrogens (tertiary/aromatic N) is 7. The molecule has 274 valence electrons. The first-order chi connectivity index (χ1) is 25.9. The summed E-state index contributed by atoms with van der Waals surface area (Å²) < 4.78 is 7.89. The highest BCUT2D eigenvalue weighted by Gasteiger charge is 2.40. The monoisotopic (exact) mass is 717 g/mol. The summed E-state index contributed by atoms with van der Waals surface area (Å²) in [7, 11) is 0. The van der Waals surface area contributed by atoms with E-state index in [1.54, 1.807) is 52.6 Å². The minimum atomic E-state index is -0.655.